The number of fused-ring (bicyclic) bond motifs is 3. The molecule has 0 radical (unpaired) electrons. The van der Waals surface area contributed by atoms with Crippen LogP contribution in [0.3, 0.4) is 0 Å². The smallest absolute Gasteiger partial charge is 0.0579 e. The number of hydrogen-bond acceptors (Lipinski definition) is 2. The van der Waals surface area contributed by atoms with Crippen LogP contribution in [0.1, 0.15) is 17.2 Å². The molecule has 5 aromatic rings. The van der Waals surface area contributed by atoms with Crippen molar-refractivity contribution in [1.82, 2.24) is 4.57 Å². The summed E-state index contributed by atoms with van der Waals surface area (Å²) in [5.41, 5.74) is 19.2. The fourth-order valence-electron chi connectivity index (χ4n) is 4.12. The summed E-state index contributed by atoms with van der Waals surface area (Å²) in [7, 11) is 0. The second-order valence-electron chi connectivity index (χ2n) is 7.04. The molecule has 4 N–H and O–H groups in total. The highest BCUT2D eigenvalue weighted by molar-refractivity contribution is 6.11. The molecule has 1 unspecified atom stereocenters. The van der Waals surface area contributed by atoms with Gasteiger partial charge in [0.05, 0.1) is 17.1 Å². The van der Waals surface area contributed by atoms with E-state index in [1.807, 2.05) is 30.3 Å². The average Bonchev–Trinajstić information content (AvgIpc) is 3.09. The van der Waals surface area contributed by atoms with E-state index >= 15 is 0 Å². The Balaban J connectivity index is 1.86. The number of hydrogen-bond donors (Lipinski definition) is 2. The molecule has 1 aromatic heterocycles. The van der Waals surface area contributed by atoms with Crippen molar-refractivity contribution < 1.29 is 0 Å². The van der Waals surface area contributed by atoms with Crippen LogP contribution in [0.4, 0.5) is 5.69 Å². The molecule has 0 aliphatic rings. The summed E-state index contributed by atoms with van der Waals surface area (Å²) in [5, 5.41) is 2.37. The first-order chi connectivity index (χ1) is 13.8. The lowest BCUT2D eigenvalue weighted by atomic mass is 9.94. The Kier molecular flexibility index (Phi) is 3.89. The molecule has 28 heavy (non-hydrogen) atoms. The lowest BCUT2D eigenvalue weighted by Gasteiger charge is -2.16. The summed E-state index contributed by atoms with van der Waals surface area (Å²) in [4.78, 5) is 0. The van der Waals surface area contributed by atoms with E-state index in [0.29, 0.717) is 0 Å². The van der Waals surface area contributed by atoms with Crippen LogP contribution in [-0.4, -0.2) is 4.57 Å². The van der Waals surface area contributed by atoms with E-state index in [-0.39, 0.29) is 6.04 Å². The van der Waals surface area contributed by atoms with Gasteiger partial charge in [-0.1, -0.05) is 66.7 Å². The van der Waals surface area contributed by atoms with Crippen molar-refractivity contribution in [3.05, 3.63) is 108 Å². The van der Waals surface area contributed by atoms with Gasteiger partial charge in [0.2, 0.25) is 0 Å². The minimum atomic E-state index is -0.292. The van der Waals surface area contributed by atoms with Crippen molar-refractivity contribution in [3.8, 4) is 5.69 Å². The standard InChI is InChI=1S/C25H21N3/c26-21-14-6-4-11-18(21)25(27)20-13-8-16-23-24(20)19-12-5-7-15-22(19)28(23)17-9-2-1-3-10-17/h1-16,25H,26-27H2. The number of nitrogens with zero attached hydrogens (tertiary/aromatic N) is 1. The van der Waals surface area contributed by atoms with E-state index in [9.17, 15) is 0 Å². The van der Waals surface area contributed by atoms with Crippen LogP contribution in [0.15, 0.2) is 97.1 Å². The molecule has 0 aliphatic heterocycles. The quantitative estimate of drug-likeness (QED) is 0.421. The Hall–Kier alpha value is -3.56. The molecule has 1 atom stereocenters. The van der Waals surface area contributed by atoms with Crippen LogP contribution in [0.5, 0.6) is 0 Å². The Morgan fingerprint density at radius 1 is 0.607 bits per heavy atom. The van der Waals surface area contributed by atoms with Crippen molar-refractivity contribution in [3.63, 3.8) is 0 Å². The fourth-order valence-corrected chi connectivity index (χ4v) is 4.12. The molecule has 0 saturated carbocycles. The van der Waals surface area contributed by atoms with Crippen LogP contribution < -0.4 is 11.5 Å². The zero-order valence-electron chi connectivity index (χ0n) is 15.4. The molecular formula is C25H21N3. The number of aromatic nitrogens is 1. The van der Waals surface area contributed by atoms with Crippen molar-refractivity contribution in [2.75, 3.05) is 5.73 Å². The van der Waals surface area contributed by atoms with E-state index in [1.54, 1.807) is 0 Å². The maximum Gasteiger partial charge on any atom is 0.0579 e. The third-order valence-electron chi connectivity index (χ3n) is 5.41. The van der Waals surface area contributed by atoms with Gasteiger partial charge in [-0.05, 0) is 41.5 Å². The van der Waals surface area contributed by atoms with E-state index in [4.69, 9.17) is 11.5 Å². The number of nitrogen functional groups attached to an aromatic ring is 1. The summed E-state index contributed by atoms with van der Waals surface area (Å²) in [5.74, 6) is 0. The third kappa shape index (κ3) is 2.48. The zero-order chi connectivity index (χ0) is 19.1. The molecule has 0 fully saturated rings. The maximum absolute atomic E-state index is 6.73. The molecule has 0 amide bonds. The lowest BCUT2D eigenvalue weighted by Crippen LogP contribution is -2.14. The molecule has 3 heteroatoms. The van der Waals surface area contributed by atoms with Gasteiger partial charge in [0.1, 0.15) is 0 Å². The van der Waals surface area contributed by atoms with Crippen LogP contribution in [0.25, 0.3) is 27.5 Å². The third-order valence-corrected chi connectivity index (χ3v) is 5.41. The van der Waals surface area contributed by atoms with Crippen molar-refractivity contribution >= 4 is 27.5 Å². The van der Waals surface area contributed by atoms with Gasteiger partial charge >= 0.3 is 0 Å². The number of benzene rings is 4. The van der Waals surface area contributed by atoms with Gasteiger partial charge in [0.15, 0.2) is 0 Å². The van der Waals surface area contributed by atoms with Gasteiger partial charge in [-0.2, -0.15) is 0 Å². The van der Waals surface area contributed by atoms with E-state index in [1.165, 1.54) is 16.3 Å². The largest absolute Gasteiger partial charge is 0.398 e. The lowest BCUT2D eigenvalue weighted by molar-refractivity contribution is 0.884. The van der Waals surface area contributed by atoms with Crippen LogP contribution >= 0.6 is 0 Å². The minimum absolute atomic E-state index is 0.292. The zero-order valence-corrected chi connectivity index (χ0v) is 15.4. The van der Waals surface area contributed by atoms with Gasteiger partial charge in [-0.15, -0.1) is 0 Å². The summed E-state index contributed by atoms with van der Waals surface area (Å²) in [6.45, 7) is 0. The number of anilines is 1. The molecule has 0 spiro atoms. The first-order valence-corrected chi connectivity index (χ1v) is 9.43. The molecule has 136 valence electrons. The molecule has 0 saturated heterocycles. The summed E-state index contributed by atoms with van der Waals surface area (Å²) in [6.07, 6.45) is 0. The molecule has 5 rings (SSSR count). The molecule has 3 nitrogen and oxygen atoms in total. The Morgan fingerprint density at radius 3 is 2.07 bits per heavy atom. The highest BCUT2D eigenvalue weighted by Crippen LogP contribution is 2.37. The van der Waals surface area contributed by atoms with E-state index in [2.05, 4.69) is 71.3 Å². The minimum Gasteiger partial charge on any atom is -0.398 e. The molecule has 0 bridgehead atoms. The van der Waals surface area contributed by atoms with Crippen molar-refractivity contribution in [2.24, 2.45) is 5.73 Å². The van der Waals surface area contributed by atoms with Crippen molar-refractivity contribution in [2.45, 2.75) is 6.04 Å². The first kappa shape index (κ1) is 16.6. The Bertz CT molecular complexity index is 1290. The van der Waals surface area contributed by atoms with Gasteiger partial charge in [0.25, 0.3) is 0 Å². The van der Waals surface area contributed by atoms with E-state index < -0.39 is 0 Å². The topological polar surface area (TPSA) is 57.0 Å². The van der Waals surface area contributed by atoms with Crippen LogP contribution in [0, 0.1) is 0 Å². The Labute approximate surface area is 163 Å². The second-order valence-corrected chi connectivity index (χ2v) is 7.04. The monoisotopic (exact) mass is 363 g/mol. The van der Waals surface area contributed by atoms with Crippen LogP contribution in [0.2, 0.25) is 0 Å². The number of para-hydroxylation sites is 3. The van der Waals surface area contributed by atoms with Crippen LogP contribution in [-0.2, 0) is 0 Å². The van der Waals surface area contributed by atoms with Crippen molar-refractivity contribution in [1.29, 1.82) is 0 Å². The normalized spacial score (nSPS) is 12.5. The highest BCUT2D eigenvalue weighted by atomic mass is 15.0. The summed E-state index contributed by atoms with van der Waals surface area (Å²) < 4.78 is 2.30. The second kappa shape index (κ2) is 6.55. The Morgan fingerprint density at radius 2 is 1.25 bits per heavy atom. The molecule has 4 aromatic carbocycles. The van der Waals surface area contributed by atoms with Gasteiger partial charge in [-0.25, -0.2) is 0 Å². The summed E-state index contributed by atoms with van der Waals surface area (Å²) >= 11 is 0. The molecule has 1 heterocycles. The van der Waals surface area contributed by atoms with E-state index in [0.717, 1.165) is 28.0 Å². The van der Waals surface area contributed by atoms with Gasteiger partial charge in [-0.3, -0.25) is 0 Å². The molecule has 0 aliphatic carbocycles. The maximum atomic E-state index is 6.73. The molecular weight excluding hydrogens is 342 g/mol. The highest BCUT2D eigenvalue weighted by Gasteiger charge is 2.19. The average molecular weight is 363 g/mol. The first-order valence-electron chi connectivity index (χ1n) is 9.43. The predicted octanol–water partition coefficient (Wildman–Crippen LogP) is 5.41. The summed E-state index contributed by atoms with van der Waals surface area (Å²) in [6, 6.07) is 32.8. The number of nitrogens with two attached hydrogens (primary N) is 2. The van der Waals surface area contributed by atoms with Gasteiger partial charge < -0.3 is 16.0 Å². The SMILES string of the molecule is Nc1ccccc1C(N)c1cccc2c1c1ccccc1n2-c1ccccc1. The predicted molar refractivity (Wildman–Crippen MR) is 118 cm³/mol. The number of rotatable bonds is 3. The van der Waals surface area contributed by atoms with Gasteiger partial charge in [0, 0.05) is 22.1 Å². The fraction of sp³-hybridized carbons (Fsp3) is 0.0400.